The Morgan fingerprint density at radius 3 is 2.69 bits per heavy atom. The first-order chi connectivity index (χ1) is 23.8. The third-order valence-electron chi connectivity index (χ3n) is 9.70. The highest BCUT2D eigenvalue weighted by molar-refractivity contribution is 5.91. The molecular weight excluding hydrogens is 629 g/mol. The highest BCUT2D eigenvalue weighted by Gasteiger charge is 2.40. The summed E-state index contributed by atoms with van der Waals surface area (Å²) in [4.78, 5) is 33.1. The minimum atomic E-state index is -0.618. The molecule has 258 valence electrons. The number of nitrogens with one attached hydrogen (secondary N) is 2. The van der Waals surface area contributed by atoms with Crippen LogP contribution < -0.4 is 15.5 Å². The molecule has 3 aromatic heterocycles. The summed E-state index contributed by atoms with van der Waals surface area (Å²) in [6.07, 6.45) is 2.78. The van der Waals surface area contributed by atoms with Gasteiger partial charge in [-0.05, 0) is 62.9 Å². The van der Waals surface area contributed by atoms with Gasteiger partial charge in [-0.25, -0.2) is 19.4 Å². The lowest BCUT2D eigenvalue weighted by Crippen LogP contribution is -2.65. The number of likely N-dealkylation sites (N-methyl/N-ethyl adjacent to an activating group) is 1. The van der Waals surface area contributed by atoms with Crippen LogP contribution in [0.5, 0.6) is 0 Å². The Morgan fingerprint density at radius 2 is 1.94 bits per heavy atom. The second-order valence-electron chi connectivity index (χ2n) is 12.8. The first-order valence-electron chi connectivity index (χ1n) is 16.6. The Bertz CT molecular complexity index is 1760. The number of urea groups is 1. The Balaban J connectivity index is 1.13. The van der Waals surface area contributed by atoms with Crippen molar-refractivity contribution in [1.29, 1.82) is 0 Å². The molecule has 0 radical (unpaired) electrons. The van der Waals surface area contributed by atoms with Crippen LogP contribution in [0, 0.1) is 12.9 Å². The van der Waals surface area contributed by atoms with Crippen molar-refractivity contribution >= 4 is 17.7 Å². The van der Waals surface area contributed by atoms with E-state index in [0.717, 1.165) is 35.7 Å². The average Bonchev–Trinajstić information content (AvgIpc) is 3.66. The molecule has 2 amide bonds. The van der Waals surface area contributed by atoms with Crippen molar-refractivity contribution < 1.29 is 23.5 Å². The van der Waals surface area contributed by atoms with Crippen LogP contribution in [-0.4, -0.2) is 114 Å². The molecule has 13 nitrogen and oxygen atoms in total. The zero-order valence-electron chi connectivity index (χ0n) is 28.1. The molecule has 0 aliphatic carbocycles. The summed E-state index contributed by atoms with van der Waals surface area (Å²) in [6.45, 7) is 7.78. The zero-order chi connectivity index (χ0) is 34.1. The van der Waals surface area contributed by atoms with Gasteiger partial charge in [0, 0.05) is 56.8 Å². The maximum Gasteiger partial charge on any atom is 0.320 e. The number of pyridine rings is 2. The number of benzene rings is 1. The molecule has 3 fully saturated rings. The number of para-hydroxylation sites is 1. The summed E-state index contributed by atoms with van der Waals surface area (Å²) in [5, 5.41) is 12.8. The first-order valence-corrected chi connectivity index (χ1v) is 16.6. The predicted molar refractivity (Wildman–Crippen MR) is 182 cm³/mol. The number of nitrogens with zero attached hydrogens (tertiary/aromatic N) is 7. The van der Waals surface area contributed by atoms with Gasteiger partial charge >= 0.3 is 6.03 Å². The van der Waals surface area contributed by atoms with Gasteiger partial charge in [0.15, 0.2) is 0 Å². The second kappa shape index (κ2) is 14.2. The molecule has 5 atom stereocenters. The Morgan fingerprint density at radius 1 is 1.10 bits per heavy atom. The molecule has 3 aliphatic heterocycles. The molecule has 2 bridgehead atoms. The van der Waals surface area contributed by atoms with E-state index in [2.05, 4.69) is 39.4 Å². The molecule has 0 saturated carbocycles. The number of hydrogen-bond donors (Lipinski definition) is 2. The fourth-order valence-electron chi connectivity index (χ4n) is 6.93. The molecule has 7 rings (SSSR count). The van der Waals surface area contributed by atoms with Gasteiger partial charge in [-0.1, -0.05) is 18.2 Å². The van der Waals surface area contributed by atoms with E-state index in [1.807, 2.05) is 55.6 Å². The van der Waals surface area contributed by atoms with Crippen LogP contribution >= 0.6 is 0 Å². The van der Waals surface area contributed by atoms with Gasteiger partial charge < -0.3 is 19.7 Å². The van der Waals surface area contributed by atoms with E-state index in [1.54, 1.807) is 22.9 Å². The SMILES string of the molecule is COCCN1C[C@@H](NC(=O)Nc2c(C)c(-c3ccc(N4CC5C(C)OC[C@@H](C4)N5C)nc3)nn2-c2ccccc2)[C@H](c2ccnc(F)c2)O1. The maximum atomic E-state index is 14.1. The van der Waals surface area contributed by atoms with E-state index in [0.29, 0.717) is 55.5 Å². The smallest absolute Gasteiger partial charge is 0.320 e. The Kier molecular flexibility index (Phi) is 9.56. The van der Waals surface area contributed by atoms with Gasteiger partial charge in [0.1, 0.15) is 17.7 Å². The number of anilines is 2. The van der Waals surface area contributed by atoms with Crippen molar-refractivity contribution in [1.82, 2.24) is 35.0 Å². The number of carbonyl (C=O) groups is 1. The lowest BCUT2D eigenvalue weighted by Gasteiger charge is -2.51. The number of hydrogen-bond acceptors (Lipinski definition) is 10. The van der Waals surface area contributed by atoms with Gasteiger partial charge in [-0.15, -0.1) is 0 Å². The summed E-state index contributed by atoms with van der Waals surface area (Å²) in [5.74, 6) is 0.818. The molecule has 3 saturated heterocycles. The van der Waals surface area contributed by atoms with Gasteiger partial charge in [0.25, 0.3) is 0 Å². The van der Waals surface area contributed by atoms with E-state index in [9.17, 15) is 9.18 Å². The zero-order valence-corrected chi connectivity index (χ0v) is 28.1. The third kappa shape index (κ3) is 6.87. The van der Waals surface area contributed by atoms with Gasteiger partial charge in [0.05, 0.1) is 48.8 Å². The fourth-order valence-corrected chi connectivity index (χ4v) is 6.93. The van der Waals surface area contributed by atoms with E-state index in [1.165, 1.54) is 12.3 Å². The van der Waals surface area contributed by atoms with E-state index >= 15 is 0 Å². The standard InChI is InChI=1S/C35H42FN9O4/c1-22-32(25-10-11-31(38-17-25)43-18-27-21-48-23(2)29(20-43)42(27)3)41-45(26-8-6-5-7-9-26)34(22)40-35(46)39-28-19-44(14-15-47-4)49-33(28)24-12-13-37-30(36)16-24/h5-13,16-17,23,27-29,33H,14-15,18-21H2,1-4H3,(H2,39,40,46)/t23?,27-,28-,29?,33+/m1/s1. The van der Waals surface area contributed by atoms with E-state index < -0.39 is 24.1 Å². The monoisotopic (exact) mass is 671 g/mol. The van der Waals surface area contributed by atoms with Crippen LogP contribution in [0.25, 0.3) is 16.9 Å². The molecule has 1 aromatic carbocycles. The largest absolute Gasteiger partial charge is 0.383 e. The number of piperazine rings is 1. The minimum absolute atomic E-state index is 0.163. The van der Waals surface area contributed by atoms with Crippen LogP contribution in [0.2, 0.25) is 0 Å². The lowest BCUT2D eigenvalue weighted by atomic mass is 10.00. The number of ether oxygens (including phenoxy) is 2. The number of halogens is 1. The highest BCUT2D eigenvalue weighted by atomic mass is 19.1. The van der Waals surface area contributed by atoms with Crippen molar-refractivity contribution in [3.8, 4) is 16.9 Å². The Hall–Kier alpha value is -4.47. The van der Waals surface area contributed by atoms with Crippen molar-refractivity contribution in [3.05, 3.63) is 84.1 Å². The number of aromatic nitrogens is 4. The third-order valence-corrected chi connectivity index (χ3v) is 9.70. The number of morpholine rings is 1. The average molecular weight is 672 g/mol. The molecular formula is C35H42FN9O4. The molecule has 0 spiro atoms. The van der Waals surface area contributed by atoms with Crippen molar-refractivity contribution in [3.63, 3.8) is 0 Å². The quantitative estimate of drug-likeness (QED) is 0.254. The van der Waals surface area contributed by atoms with Crippen LogP contribution in [0.4, 0.5) is 20.8 Å². The molecule has 2 N–H and O–H groups in total. The number of methoxy groups -OCH3 is 1. The van der Waals surface area contributed by atoms with E-state index in [4.69, 9.17) is 24.4 Å². The highest BCUT2D eigenvalue weighted by Crippen LogP contribution is 2.33. The number of carbonyl (C=O) groups excluding carboxylic acids is 1. The summed E-state index contributed by atoms with van der Waals surface area (Å²) in [6, 6.07) is 16.4. The summed E-state index contributed by atoms with van der Waals surface area (Å²) < 4.78 is 27.0. The van der Waals surface area contributed by atoms with Crippen LogP contribution in [0.1, 0.15) is 24.2 Å². The molecule has 4 aromatic rings. The molecule has 6 heterocycles. The van der Waals surface area contributed by atoms with Gasteiger partial charge in [0.2, 0.25) is 5.95 Å². The number of hydroxylamine groups is 2. The maximum absolute atomic E-state index is 14.1. The first kappa shape index (κ1) is 33.0. The van der Waals surface area contributed by atoms with Crippen LogP contribution in [0.3, 0.4) is 0 Å². The summed E-state index contributed by atoms with van der Waals surface area (Å²) in [7, 11) is 3.79. The molecule has 2 unspecified atom stereocenters. The number of amides is 2. The number of fused-ring (bicyclic) bond motifs is 2. The van der Waals surface area contributed by atoms with Gasteiger partial charge in [-0.2, -0.15) is 14.6 Å². The van der Waals surface area contributed by atoms with Gasteiger partial charge in [-0.3, -0.25) is 15.1 Å². The fraction of sp³-hybridized carbons (Fsp3) is 0.429. The molecule has 49 heavy (non-hydrogen) atoms. The van der Waals surface area contributed by atoms with E-state index in [-0.39, 0.29) is 6.10 Å². The normalized spacial score (nSPS) is 24.3. The topological polar surface area (TPSA) is 122 Å². The van der Waals surface area contributed by atoms with Crippen LogP contribution in [0.15, 0.2) is 67.0 Å². The predicted octanol–water partition coefficient (Wildman–Crippen LogP) is 3.81. The molecule has 14 heteroatoms. The van der Waals surface area contributed by atoms with Crippen LogP contribution in [-0.2, 0) is 14.3 Å². The molecule has 3 aliphatic rings. The summed E-state index contributed by atoms with van der Waals surface area (Å²) >= 11 is 0. The lowest BCUT2D eigenvalue weighted by molar-refractivity contribution is -0.154. The minimum Gasteiger partial charge on any atom is -0.383 e. The second-order valence-corrected chi connectivity index (χ2v) is 12.8. The number of rotatable bonds is 9. The van der Waals surface area contributed by atoms with Crippen molar-refractivity contribution in [2.45, 2.75) is 44.2 Å². The van der Waals surface area contributed by atoms with Crippen molar-refractivity contribution in [2.24, 2.45) is 0 Å². The Labute approximate surface area is 284 Å². The van der Waals surface area contributed by atoms with Crippen molar-refractivity contribution in [2.75, 3.05) is 63.8 Å². The summed E-state index contributed by atoms with van der Waals surface area (Å²) in [5.41, 5.74) is 3.69.